The molecule has 18 heavy (non-hydrogen) atoms. The Hall–Kier alpha value is -1.06. The normalized spacial score (nSPS) is 11.5. The molecular weight excluding hydrogens is 248 g/mol. The number of likely N-dealkylation sites (N-methyl/N-ethyl adjacent to an activating group) is 2. The molecule has 0 aliphatic heterocycles. The Morgan fingerprint density at radius 2 is 1.94 bits per heavy atom. The fourth-order valence-electron chi connectivity index (χ4n) is 1.89. The number of nitrogens with zero attached hydrogens (tertiary/aromatic N) is 1. The predicted octanol–water partition coefficient (Wildman–Crippen LogP) is 2.28. The molecule has 1 aromatic carbocycles. The van der Waals surface area contributed by atoms with Crippen LogP contribution in [0.4, 0.5) is 0 Å². The number of benzene rings is 1. The molecule has 102 valence electrons. The van der Waals surface area contributed by atoms with E-state index in [1.165, 1.54) is 0 Å². The van der Waals surface area contributed by atoms with Gasteiger partial charge in [0, 0.05) is 20.1 Å². The smallest absolute Gasteiger partial charge is 0.229 e. The van der Waals surface area contributed by atoms with Crippen molar-refractivity contribution in [3.63, 3.8) is 0 Å². The molecule has 1 rings (SSSR count). The van der Waals surface area contributed by atoms with Crippen LogP contribution in [0.1, 0.15) is 24.8 Å². The minimum Gasteiger partial charge on any atom is -0.344 e. The average Bonchev–Trinajstić information content (AvgIpc) is 2.38. The van der Waals surface area contributed by atoms with Gasteiger partial charge in [-0.15, -0.1) is 12.4 Å². The summed E-state index contributed by atoms with van der Waals surface area (Å²) in [6.07, 6.45) is 0.840. The highest BCUT2D eigenvalue weighted by Crippen LogP contribution is 2.21. The number of carbonyl (C=O) groups excluding carboxylic acids is 1. The van der Waals surface area contributed by atoms with E-state index in [0.717, 1.165) is 25.1 Å². The second-order valence-corrected chi connectivity index (χ2v) is 4.23. The monoisotopic (exact) mass is 270 g/mol. The van der Waals surface area contributed by atoms with Gasteiger partial charge in [-0.25, -0.2) is 0 Å². The number of hydrogen-bond acceptors (Lipinski definition) is 2. The van der Waals surface area contributed by atoms with Crippen molar-refractivity contribution < 1.29 is 4.79 Å². The Balaban J connectivity index is 0.00000289. The molecule has 1 aromatic rings. The summed E-state index contributed by atoms with van der Waals surface area (Å²) in [7, 11) is 3.76. The molecule has 0 aromatic heterocycles. The van der Waals surface area contributed by atoms with Gasteiger partial charge in [-0.2, -0.15) is 0 Å². The molecule has 0 bridgehead atoms. The van der Waals surface area contributed by atoms with Gasteiger partial charge in [0.05, 0.1) is 5.92 Å². The van der Waals surface area contributed by atoms with Crippen molar-refractivity contribution in [3.8, 4) is 0 Å². The third-order valence-electron chi connectivity index (χ3n) is 2.98. The molecule has 4 heteroatoms. The first kappa shape index (κ1) is 16.9. The Morgan fingerprint density at radius 3 is 2.44 bits per heavy atom. The van der Waals surface area contributed by atoms with E-state index in [-0.39, 0.29) is 24.2 Å². The minimum absolute atomic E-state index is 0. The van der Waals surface area contributed by atoms with Gasteiger partial charge < -0.3 is 10.2 Å². The molecule has 1 N–H and O–H groups in total. The quantitative estimate of drug-likeness (QED) is 0.860. The fourth-order valence-corrected chi connectivity index (χ4v) is 1.89. The zero-order chi connectivity index (χ0) is 12.7. The molecule has 0 aliphatic rings. The van der Waals surface area contributed by atoms with Crippen LogP contribution < -0.4 is 5.32 Å². The van der Waals surface area contributed by atoms with Gasteiger partial charge in [0.2, 0.25) is 5.91 Å². The van der Waals surface area contributed by atoms with E-state index in [9.17, 15) is 4.79 Å². The first-order valence-corrected chi connectivity index (χ1v) is 6.15. The summed E-state index contributed by atoms with van der Waals surface area (Å²) in [5.41, 5.74) is 1.11. The standard InChI is InChI=1S/C14H22N2O.ClH/c1-4-13(12-8-6-5-7-9-12)14(17)16(3)11-10-15-2;/h5-9,13,15H,4,10-11H2,1-3H3;1H. The third kappa shape index (κ3) is 4.67. The summed E-state index contributed by atoms with van der Waals surface area (Å²) in [4.78, 5) is 14.1. The molecule has 0 saturated heterocycles. The van der Waals surface area contributed by atoms with Crippen LogP contribution in [0.2, 0.25) is 0 Å². The van der Waals surface area contributed by atoms with E-state index in [0.29, 0.717) is 0 Å². The average molecular weight is 271 g/mol. The Bertz CT molecular complexity index is 343. The van der Waals surface area contributed by atoms with E-state index in [2.05, 4.69) is 12.2 Å². The van der Waals surface area contributed by atoms with Crippen molar-refractivity contribution in [1.82, 2.24) is 10.2 Å². The number of halogens is 1. The van der Waals surface area contributed by atoms with Crippen molar-refractivity contribution >= 4 is 18.3 Å². The van der Waals surface area contributed by atoms with E-state index < -0.39 is 0 Å². The van der Waals surface area contributed by atoms with E-state index in [1.54, 1.807) is 4.90 Å². The Labute approximate surface area is 116 Å². The highest BCUT2D eigenvalue weighted by Gasteiger charge is 2.21. The van der Waals surface area contributed by atoms with Gasteiger partial charge >= 0.3 is 0 Å². The van der Waals surface area contributed by atoms with Crippen LogP contribution in [0.15, 0.2) is 30.3 Å². The zero-order valence-corrected chi connectivity index (χ0v) is 12.2. The summed E-state index contributed by atoms with van der Waals surface area (Å²) in [6, 6.07) is 10.00. The summed E-state index contributed by atoms with van der Waals surface area (Å²) in [5, 5.41) is 3.06. The number of nitrogens with one attached hydrogen (secondary N) is 1. The predicted molar refractivity (Wildman–Crippen MR) is 78.3 cm³/mol. The lowest BCUT2D eigenvalue weighted by Gasteiger charge is -2.23. The highest BCUT2D eigenvalue weighted by atomic mass is 35.5. The maximum Gasteiger partial charge on any atom is 0.229 e. The second kappa shape index (κ2) is 8.95. The van der Waals surface area contributed by atoms with Crippen molar-refractivity contribution in [3.05, 3.63) is 35.9 Å². The largest absolute Gasteiger partial charge is 0.344 e. The summed E-state index contributed by atoms with van der Waals surface area (Å²) >= 11 is 0. The summed E-state index contributed by atoms with van der Waals surface area (Å²) in [5.74, 6) is 0.187. The molecule has 0 heterocycles. The molecule has 0 aliphatic carbocycles. The van der Waals surface area contributed by atoms with E-state index in [1.807, 2.05) is 44.4 Å². The lowest BCUT2D eigenvalue weighted by Crippen LogP contribution is -2.36. The summed E-state index contributed by atoms with van der Waals surface area (Å²) in [6.45, 7) is 3.63. The van der Waals surface area contributed by atoms with Gasteiger partial charge in [0.1, 0.15) is 0 Å². The zero-order valence-electron chi connectivity index (χ0n) is 11.3. The van der Waals surface area contributed by atoms with Gasteiger partial charge in [0.15, 0.2) is 0 Å². The van der Waals surface area contributed by atoms with Crippen molar-refractivity contribution in [2.24, 2.45) is 0 Å². The maximum absolute atomic E-state index is 12.3. The number of carbonyl (C=O) groups is 1. The maximum atomic E-state index is 12.3. The number of rotatable bonds is 6. The molecule has 1 atom stereocenters. The van der Waals surface area contributed by atoms with Gasteiger partial charge in [-0.05, 0) is 19.0 Å². The molecule has 0 fully saturated rings. The van der Waals surface area contributed by atoms with Gasteiger partial charge in [-0.3, -0.25) is 4.79 Å². The van der Waals surface area contributed by atoms with Crippen LogP contribution >= 0.6 is 12.4 Å². The lowest BCUT2D eigenvalue weighted by atomic mass is 9.95. The van der Waals surface area contributed by atoms with Gasteiger partial charge in [0.25, 0.3) is 0 Å². The van der Waals surface area contributed by atoms with E-state index >= 15 is 0 Å². The van der Waals surface area contributed by atoms with Crippen LogP contribution in [-0.4, -0.2) is 38.0 Å². The highest BCUT2D eigenvalue weighted by molar-refractivity contribution is 5.85. The molecule has 3 nitrogen and oxygen atoms in total. The van der Waals surface area contributed by atoms with E-state index in [4.69, 9.17) is 0 Å². The first-order valence-electron chi connectivity index (χ1n) is 6.15. The van der Waals surface area contributed by atoms with Crippen LogP contribution in [0.3, 0.4) is 0 Å². The van der Waals surface area contributed by atoms with Crippen LogP contribution in [0, 0.1) is 0 Å². The van der Waals surface area contributed by atoms with Crippen LogP contribution in [0.25, 0.3) is 0 Å². The topological polar surface area (TPSA) is 32.3 Å². The molecule has 1 amide bonds. The minimum atomic E-state index is -0.0157. The van der Waals surface area contributed by atoms with Crippen molar-refractivity contribution in [2.45, 2.75) is 19.3 Å². The third-order valence-corrected chi connectivity index (χ3v) is 2.98. The fraction of sp³-hybridized carbons (Fsp3) is 0.500. The van der Waals surface area contributed by atoms with Crippen molar-refractivity contribution in [2.75, 3.05) is 27.2 Å². The molecule has 0 radical (unpaired) electrons. The Morgan fingerprint density at radius 1 is 1.33 bits per heavy atom. The van der Waals surface area contributed by atoms with Crippen LogP contribution in [-0.2, 0) is 4.79 Å². The van der Waals surface area contributed by atoms with Crippen LogP contribution in [0.5, 0.6) is 0 Å². The molecule has 1 unspecified atom stereocenters. The Kier molecular flexibility index (Phi) is 8.42. The lowest BCUT2D eigenvalue weighted by molar-refractivity contribution is -0.131. The second-order valence-electron chi connectivity index (χ2n) is 4.23. The van der Waals surface area contributed by atoms with Gasteiger partial charge in [-0.1, -0.05) is 37.3 Å². The molecular formula is C14H23ClN2O. The SMILES string of the molecule is CCC(C(=O)N(C)CCNC)c1ccccc1.Cl. The summed E-state index contributed by atoms with van der Waals surface area (Å²) < 4.78 is 0. The number of hydrogen-bond donors (Lipinski definition) is 1. The molecule has 0 spiro atoms. The number of amides is 1. The molecule has 0 saturated carbocycles. The van der Waals surface area contributed by atoms with Crippen molar-refractivity contribution in [1.29, 1.82) is 0 Å². The first-order chi connectivity index (χ1) is 8.20.